The van der Waals surface area contributed by atoms with Gasteiger partial charge in [-0.05, 0) is 24.4 Å². The number of carboxylic acids is 1. The van der Waals surface area contributed by atoms with Crippen molar-refractivity contribution >= 4 is 17.6 Å². The highest BCUT2D eigenvalue weighted by Crippen LogP contribution is 2.37. The molecule has 0 unspecified atom stereocenters. The van der Waals surface area contributed by atoms with E-state index in [0.717, 1.165) is 19.3 Å². The summed E-state index contributed by atoms with van der Waals surface area (Å²) in [4.78, 5) is 17.3. The van der Waals surface area contributed by atoms with E-state index in [0.29, 0.717) is 11.6 Å². The number of nitrogens with one attached hydrogen (secondary N) is 1. The lowest BCUT2D eigenvalue weighted by atomic mass is 9.82. The van der Waals surface area contributed by atoms with Gasteiger partial charge >= 0.3 is 5.97 Å². The Hall–Kier alpha value is -1.03. The highest BCUT2D eigenvalue weighted by molar-refractivity contribution is 6.28. The van der Waals surface area contributed by atoms with Crippen molar-refractivity contribution in [3.8, 4) is 0 Å². The van der Waals surface area contributed by atoms with E-state index in [2.05, 4.69) is 9.97 Å². The molecule has 0 saturated heterocycles. The van der Waals surface area contributed by atoms with E-state index in [1.165, 1.54) is 0 Å². The minimum Gasteiger partial charge on any atom is -0.476 e. The lowest BCUT2D eigenvalue weighted by Gasteiger charge is -2.24. The lowest BCUT2D eigenvalue weighted by Crippen LogP contribution is -2.13. The minimum absolute atomic E-state index is 0.0784. The van der Waals surface area contributed by atoms with Crippen LogP contribution in [0.3, 0.4) is 0 Å². The quantitative estimate of drug-likeness (QED) is 0.768. The molecule has 0 amide bonds. The molecule has 1 aromatic heterocycles. The molecular weight excluding hydrogens is 192 g/mol. The first-order chi connectivity index (χ1) is 6.18. The normalized spacial score (nSPS) is 17.0. The Morgan fingerprint density at radius 2 is 2.31 bits per heavy atom. The van der Waals surface area contributed by atoms with E-state index in [4.69, 9.17) is 16.7 Å². The molecule has 1 aromatic rings. The number of nitrogens with zero attached hydrogens (tertiary/aromatic N) is 1. The van der Waals surface area contributed by atoms with Gasteiger partial charge in [0.05, 0.1) is 5.69 Å². The van der Waals surface area contributed by atoms with Gasteiger partial charge in [-0.2, -0.15) is 0 Å². The third-order valence-electron chi connectivity index (χ3n) is 2.42. The van der Waals surface area contributed by atoms with Crippen LogP contribution in [0.5, 0.6) is 0 Å². The average Bonchev–Trinajstić information content (AvgIpc) is 2.27. The molecule has 13 heavy (non-hydrogen) atoms. The highest BCUT2D eigenvalue weighted by Gasteiger charge is 2.27. The summed E-state index contributed by atoms with van der Waals surface area (Å²) < 4.78 is 0. The molecule has 0 spiro atoms. The van der Waals surface area contributed by atoms with Gasteiger partial charge in [-0.1, -0.05) is 6.42 Å². The van der Waals surface area contributed by atoms with Crippen molar-refractivity contribution in [1.29, 1.82) is 0 Å². The van der Waals surface area contributed by atoms with Gasteiger partial charge in [0.1, 0.15) is 0 Å². The maximum absolute atomic E-state index is 10.7. The van der Waals surface area contributed by atoms with Crippen molar-refractivity contribution in [1.82, 2.24) is 9.97 Å². The van der Waals surface area contributed by atoms with Crippen molar-refractivity contribution < 1.29 is 9.90 Å². The van der Waals surface area contributed by atoms with Gasteiger partial charge in [0.25, 0.3) is 0 Å². The van der Waals surface area contributed by atoms with Crippen LogP contribution >= 0.6 is 11.6 Å². The molecule has 1 saturated carbocycles. The molecule has 1 heterocycles. The summed E-state index contributed by atoms with van der Waals surface area (Å²) in [5.41, 5.74) is 0.762. The van der Waals surface area contributed by atoms with Gasteiger partial charge < -0.3 is 10.1 Å². The highest BCUT2D eigenvalue weighted by atomic mass is 35.5. The molecule has 0 atom stereocenters. The molecule has 2 rings (SSSR count). The largest absolute Gasteiger partial charge is 0.476 e. The second-order valence-electron chi connectivity index (χ2n) is 3.22. The summed E-state index contributed by atoms with van der Waals surface area (Å²) in [5.74, 6) is -0.698. The van der Waals surface area contributed by atoms with Gasteiger partial charge in [0.15, 0.2) is 5.69 Å². The second kappa shape index (κ2) is 3.03. The molecule has 0 radical (unpaired) electrons. The zero-order valence-electron chi connectivity index (χ0n) is 6.88. The molecule has 1 aliphatic rings. The molecule has 5 heteroatoms. The van der Waals surface area contributed by atoms with Crippen molar-refractivity contribution in [2.75, 3.05) is 0 Å². The van der Waals surface area contributed by atoms with Gasteiger partial charge in [-0.3, -0.25) is 0 Å². The van der Waals surface area contributed by atoms with Crippen LogP contribution in [0.25, 0.3) is 0 Å². The zero-order valence-corrected chi connectivity index (χ0v) is 7.64. The summed E-state index contributed by atoms with van der Waals surface area (Å²) in [6.45, 7) is 0. The first-order valence-corrected chi connectivity index (χ1v) is 4.55. The third kappa shape index (κ3) is 1.42. The molecule has 0 bridgehead atoms. The van der Waals surface area contributed by atoms with Crippen molar-refractivity contribution in [3.05, 3.63) is 16.7 Å². The number of hydrogen-bond acceptors (Lipinski definition) is 2. The van der Waals surface area contributed by atoms with Crippen LogP contribution < -0.4 is 0 Å². The number of aromatic carboxylic acids is 1. The number of rotatable bonds is 2. The van der Waals surface area contributed by atoms with Crippen molar-refractivity contribution in [2.24, 2.45) is 0 Å². The zero-order chi connectivity index (χ0) is 9.42. The number of aromatic nitrogens is 2. The standard InChI is InChI=1S/C8H9ClN2O2/c9-8-10-5(4-2-1-3-4)6(11-8)7(12)13/h4H,1-3H2,(H,10,11)(H,12,13). The molecular formula is C8H9ClN2O2. The fraction of sp³-hybridized carbons (Fsp3) is 0.500. The summed E-state index contributed by atoms with van der Waals surface area (Å²) in [6.07, 6.45) is 3.21. The fourth-order valence-corrected chi connectivity index (χ4v) is 1.70. The predicted octanol–water partition coefficient (Wildman–Crippen LogP) is 2.03. The van der Waals surface area contributed by atoms with E-state index < -0.39 is 5.97 Å². The van der Waals surface area contributed by atoms with Crippen LogP contribution in [-0.2, 0) is 0 Å². The first kappa shape index (κ1) is 8.56. The Labute approximate surface area is 79.9 Å². The number of halogens is 1. The van der Waals surface area contributed by atoms with Crippen LogP contribution in [-0.4, -0.2) is 21.0 Å². The maximum Gasteiger partial charge on any atom is 0.356 e. The SMILES string of the molecule is O=C(O)c1nc(Cl)[nH]c1C1CCC1. The van der Waals surface area contributed by atoms with Crippen molar-refractivity contribution in [3.63, 3.8) is 0 Å². The van der Waals surface area contributed by atoms with Crippen LogP contribution in [0.2, 0.25) is 5.28 Å². The monoisotopic (exact) mass is 200 g/mol. The van der Waals surface area contributed by atoms with Crippen molar-refractivity contribution in [2.45, 2.75) is 25.2 Å². The van der Waals surface area contributed by atoms with E-state index in [-0.39, 0.29) is 11.0 Å². The molecule has 1 aliphatic carbocycles. The van der Waals surface area contributed by atoms with Crippen LogP contribution in [0, 0.1) is 0 Å². The van der Waals surface area contributed by atoms with Crippen LogP contribution in [0.15, 0.2) is 0 Å². The Morgan fingerprint density at radius 1 is 1.62 bits per heavy atom. The first-order valence-electron chi connectivity index (χ1n) is 4.17. The molecule has 0 aliphatic heterocycles. The van der Waals surface area contributed by atoms with E-state index in [9.17, 15) is 4.79 Å². The Morgan fingerprint density at radius 3 is 2.77 bits per heavy atom. The number of imidazole rings is 1. The van der Waals surface area contributed by atoms with E-state index in [1.54, 1.807) is 0 Å². The van der Waals surface area contributed by atoms with Gasteiger partial charge in [-0.25, -0.2) is 9.78 Å². The number of H-pyrrole nitrogens is 1. The predicted molar refractivity (Wildman–Crippen MR) is 47.1 cm³/mol. The summed E-state index contributed by atoms with van der Waals surface area (Å²) >= 11 is 5.60. The van der Waals surface area contributed by atoms with Gasteiger partial charge in [-0.15, -0.1) is 0 Å². The van der Waals surface area contributed by atoms with E-state index >= 15 is 0 Å². The molecule has 2 N–H and O–H groups in total. The summed E-state index contributed by atoms with van der Waals surface area (Å²) in [7, 11) is 0. The minimum atomic E-state index is -1.01. The Balaban J connectivity index is 2.36. The summed E-state index contributed by atoms with van der Waals surface area (Å²) in [6, 6.07) is 0. The van der Waals surface area contributed by atoms with Gasteiger partial charge in [0, 0.05) is 5.92 Å². The smallest absolute Gasteiger partial charge is 0.356 e. The number of hydrogen-bond donors (Lipinski definition) is 2. The van der Waals surface area contributed by atoms with Crippen LogP contribution in [0.4, 0.5) is 0 Å². The van der Waals surface area contributed by atoms with E-state index in [1.807, 2.05) is 0 Å². The molecule has 70 valence electrons. The van der Waals surface area contributed by atoms with Crippen LogP contribution in [0.1, 0.15) is 41.4 Å². The van der Waals surface area contributed by atoms with Gasteiger partial charge in [0.2, 0.25) is 5.28 Å². The third-order valence-corrected chi connectivity index (χ3v) is 2.60. The maximum atomic E-state index is 10.7. The lowest BCUT2D eigenvalue weighted by molar-refractivity contribution is 0.0688. The Kier molecular flexibility index (Phi) is 2.00. The average molecular weight is 201 g/mol. The fourth-order valence-electron chi connectivity index (χ4n) is 1.51. The summed E-state index contributed by atoms with van der Waals surface area (Å²) in [5, 5.41) is 8.97. The second-order valence-corrected chi connectivity index (χ2v) is 3.58. The topological polar surface area (TPSA) is 66.0 Å². The molecule has 0 aromatic carbocycles. The molecule has 4 nitrogen and oxygen atoms in total. The number of aromatic amines is 1. The molecule has 1 fully saturated rings. The Bertz CT molecular complexity index is 344. The number of carbonyl (C=O) groups is 1. The number of carboxylic acid groups (broad SMARTS) is 1.